The van der Waals surface area contributed by atoms with E-state index in [0.29, 0.717) is 17.7 Å². The number of hydrogen-bond donors (Lipinski definition) is 11. The fourth-order valence-corrected chi connectivity index (χ4v) is 9.37. The highest BCUT2D eigenvalue weighted by Crippen LogP contribution is 2.29. The first-order chi connectivity index (χ1) is 37.4. The summed E-state index contributed by atoms with van der Waals surface area (Å²) in [5.74, 6) is -7.43. The largest absolute Gasteiger partial charge is 0.481 e. The summed E-state index contributed by atoms with van der Waals surface area (Å²) < 4.78 is 17.5. The fourth-order valence-electron chi connectivity index (χ4n) is 9.37. The lowest BCUT2D eigenvalue weighted by atomic mass is 9.83. The smallest absolute Gasteiger partial charge is 0.313 e. The first-order valence-corrected chi connectivity index (χ1v) is 26.9. The number of aliphatic hydroxyl groups excluding tert-OH is 8. The summed E-state index contributed by atoms with van der Waals surface area (Å²) in [5.41, 5.74) is 12.7. The molecule has 2 aliphatic rings. The predicted octanol–water partition coefficient (Wildman–Crippen LogP) is 3.61. The van der Waals surface area contributed by atoms with Gasteiger partial charge in [0.1, 0.15) is 41.9 Å². The van der Waals surface area contributed by atoms with E-state index in [1.807, 2.05) is 19.9 Å². The van der Waals surface area contributed by atoms with Crippen molar-refractivity contribution in [3.63, 3.8) is 0 Å². The summed E-state index contributed by atoms with van der Waals surface area (Å²) in [7, 11) is 0. The van der Waals surface area contributed by atoms with Gasteiger partial charge in [-0.3, -0.25) is 28.8 Å². The summed E-state index contributed by atoms with van der Waals surface area (Å²) in [5, 5.41) is 96.0. The maximum Gasteiger partial charge on any atom is 0.313 e. The maximum atomic E-state index is 13.3. The Balaban J connectivity index is 1.83. The van der Waals surface area contributed by atoms with Gasteiger partial charge in [0.25, 0.3) is 0 Å². The molecule has 3 rings (SSSR count). The zero-order chi connectivity index (χ0) is 58.8. The number of cyclic esters (lactones) is 1. The number of ketones is 4. The van der Waals surface area contributed by atoms with Gasteiger partial charge in [-0.2, -0.15) is 0 Å². The first-order valence-electron chi connectivity index (χ1n) is 26.9. The van der Waals surface area contributed by atoms with Crippen LogP contribution in [0, 0.1) is 23.7 Å². The van der Waals surface area contributed by atoms with Crippen LogP contribution in [0.1, 0.15) is 115 Å². The Morgan fingerprint density at radius 1 is 0.684 bits per heavy atom. The number of nitrogens with two attached hydrogens (primary N) is 2. The molecule has 2 aliphatic heterocycles. The first kappa shape index (κ1) is 67.7. The van der Waals surface area contributed by atoms with Gasteiger partial charge in [0, 0.05) is 62.1 Å². The quantitative estimate of drug-likeness (QED) is 0.0690. The molecule has 1 aromatic carbocycles. The highest BCUT2D eigenvalue weighted by atomic mass is 16.7. The van der Waals surface area contributed by atoms with Gasteiger partial charge in [-0.15, -0.1) is 0 Å². The molecule has 438 valence electrons. The van der Waals surface area contributed by atoms with Crippen LogP contribution >= 0.6 is 0 Å². The molecule has 1 fully saturated rings. The number of carboxylic acid groups (broad SMARTS) is 1. The Hall–Kier alpha value is -5.62. The molecule has 1 aromatic rings. The molecule has 0 saturated carbocycles. The monoisotopic (exact) mass is 1110 g/mol. The lowest BCUT2D eigenvalue weighted by Gasteiger charge is -2.41. The van der Waals surface area contributed by atoms with E-state index >= 15 is 0 Å². The van der Waals surface area contributed by atoms with E-state index in [4.69, 9.17) is 25.7 Å². The van der Waals surface area contributed by atoms with Gasteiger partial charge in [0.05, 0.1) is 61.0 Å². The van der Waals surface area contributed by atoms with E-state index in [2.05, 4.69) is 0 Å². The van der Waals surface area contributed by atoms with Crippen LogP contribution in [0.5, 0.6) is 0 Å². The zero-order valence-electron chi connectivity index (χ0n) is 45.5. The van der Waals surface area contributed by atoms with Crippen LogP contribution in [-0.4, -0.2) is 161 Å². The molecular weight excluding hydrogens is 1020 g/mol. The van der Waals surface area contributed by atoms with Crippen molar-refractivity contribution in [1.29, 1.82) is 0 Å². The third kappa shape index (κ3) is 25.2. The molecule has 13 N–H and O–H groups in total. The number of carbonyl (C=O) groups is 6. The van der Waals surface area contributed by atoms with Crippen molar-refractivity contribution in [3.05, 3.63) is 115 Å². The van der Waals surface area contributed by atoms with Crippen LogP contribution in [0.4, 0.5) is 5.69 Å². The Labute approximate surface area is 462 Å². The van der Waals surface area contributed by atoms with E-state index in [-0.39, 0.29) is 55.6 Å². The number of esters is 1. The zero-order valence-corrected chi connectivity index (χ0v) is 45.5. The third-order valence-corrected chi connectivity index (χ3v) is 13.8. The SMILES string of the molecule is CC1/C=C/C=C/C=C/C=C/C=C/C=C/C=C/C(OC2O[C@H](C)[C@@H](O)[C@H](N)[C@@H]2O)CC(O)C(C(=O)O)C(O)CC(=O)CC(O)CC(O)CC(O)CC(=O)CCCC(=O)CC(=O)OC1C(C)CC(C)C(O)CC(=O)c1ccc(N)cc1. The highest BCUT2D eigenvalue weighted by Gasteiger charge is 2.43. The Morgan fingerprint density at radius 3 is 1.78 bits per heavy atom. The van der Waals surface area contributed by atoms with Crippen LogP contribution in [0.2, 0.25) is 0 Å². The van der Waals surface area contributed by atoms with Crippen molar-refractivity contribution >= 4 is 40.8 Å². The summed E-state index contributed by atoms with van der Waals surface area (Å²) in [4.78, 5) is 77.3. The van der Waals surface area contributed by atoms with Crippen LogP contribution in [-0.2, 0) is 38.2 Å². The van der Waals surface area contributed by atoms with Crippen LogP contribution < -0.4 is 11.5 Å². The number of Topliss-reactive ketones (excluding diaryl/α,β-unsaturated/α-hetero) is 4. The van der Waals surface area contributed by atoms with E-state index in [9.17, 15) is 74.7 Å². The van der Waals surface area contributed by atoms with Crippen LogP contribution in [0.3, 0.4) is 0 Å². The fraction of sp³-hybridized carbons (Fsp3) is 0.559. The predicted molar refractivity (Wildman–Crippen MR) is 293 cm³/mol. The molecule has 13 unspecified atom stereocenters. The van der Waals surface area contributed by atoms with Gasteiger partial charge >= 0.3 is 11.9 Å². The van der Waals surface area contributed by atoms with Crippen molar-refractivity contribution in [3.8, 4) is 0 Å². The molecule has 20 heteroatoms. The number of benzene rings is 1. The lowest BCUT2D eigenvalue weighted by Crippen LogP contribution is -2.61. The summed E-state index contributed by atoms with van der Waals surface area (Å²) in [6.07, 6.45) is 4.21. The van der Waals surface area contributed by atoms with E-state index in [1.54, 1.807) is 98.0 Å². The molecule has 1 saturated heterocycles. The molecule has 0 aliphatic carbocycles. The summed E-state index contributed by atoms with van der Waals surface area (Å²) >= 11 is 0. The molecule has 17 atom stereocenters. The van der Waals surface area contributed by atoms with Gasteiger partial charge in [0.2, 0.25) is 0 Å². The molecule has 79 heavy (non-hydrogen) atoms. The van der Waals surface area contributed by atoms with Crippen LogP contribution in [0.25, 0.3) is 0 Å². The number of aliphatic carboxylic acids is 1. The molecule has 20 nitrogen and oxygen atoms in total. The topological polar surface area (TPSA) is 364 Å². The molecule has 0 aromatic heterocycles. The van der Waals surface area contributed by atoms with Crippen molar-refractivity contribution in [1.82, 2.24) is 0 Å². The Bertz CT molecular complexity index is 2310. The number of ether oxygens (including phenoxy) is 3. The van der Waals surface area contributed by atoms with Crippen LogP contribution in [0.15, 0.2) is 109 Å². The Kier molecular flexibility index (Phi) is 30.1. The molecule has 0 amide bonds. The molecular formula is C59H84N2O18. The number of allylic oxidation sites excluding steroid dienone is 12. The lowest BCUT2D eigenvalue weighted by molar-refractivity contribution is -0.277. The minimum atomic E-state index is -1.95. The van der Waals surface area contributed by atoms with Crippen molar-refractivity contribution in [2.45, 2.75) is 184 Å². The van der Waals surface area contributed by atoms with Gasteiger partial charge in [-0.1, -0.05) is 106 Å². The molecule has 2 heterocycles. The number of aliphatic hydroxyl groups is 8. The Morgan fingerprint density at radius 2 is 1.22 bits per heavy atom. The number of rotatable bonds is 10. The van der Waals surface area contributed by atoms with E-state index in [1.165, 1.54) is 19.1 Å². The van der Waals surface area contributed by atoms with Crippen molar-refractivity contribution < 1.29 is 88.9 Å². The highest BCUT2D eigenvalue weighted by molar-refractivity contribution is 5.97. The second kappa shape index (κ2) is 35.2. The minimum absolute atomic E-state index is 0.0615. The number of carbonyl (C=O) groups excluding carboxylic acids is 5. The second-order valence-corrected chi connectivity index (χ2v) is 20.9. The van der Waals surface area contributed by atoms with Gasteiger partial charge in [-0.25, -0.2) is 0 Å². The van der Waals surface area contributed by atoms with E-state index in [0.717, 1.165) is 0 Å². The maximum absolute atomic E-state index is 13.3. The average molecular weight is 1110 g/mol. The number of anilines is 1. The normalized spacial score (nSPS) is 34.7. The standard InChI is InChI=1S/C59H84N2O18/c1-35-18-15-13-11-9-7-5-6-8-10-12-14-16-21-47(78-59-56(74)54(61)55(73)38(4)77-59)33-51(71)53(58(75)76)50(70)31-46(67)30-45(66)29-44(65)28-43(64)27-41(62)19-17-20-42(63)32-52(72)79-57(35)37(3)26-36(2)48(68)34-49(69)39-22-24-40(60)25-23-39/h5-16,18,21-25,35-38,43-45,47-48,50-51,53-57,59,64-66,68,70-71,73-74H,17,19-20,26-34,60-61H2,1-4H3,(H,75,76)/b6-5+,9-7+,10-8+,13-11+,14-12+,18-15+,21-16+/t35?,36?,37?,38-,43?,44?,45?,47?,48?,50?,51?,53?,54+,55-,56+,57?,59?/m1/s1. The number of nitrogen functional groups attached to an aromatic ring is 1. The van der Waals surface area contributed by atoms with E-state index < -0.39 is 153 Å². The third-order valence-electron chi connectivity index (χ3n) is 13.8. The number of hydrogen-bond acceptors (Lipinski definition) is 19. The van der Waals surface area contributed by atoms with Gasteiger partial charge < -0.3 is 71.6 Å². The average Bonchev–Trinajstić information content (AvgIpc) is 3.36. The molecule has 0 radical (unpaired) electrons. The number of carboxylic acids is 1. The summed E-state index contributed by atoms with van der Waals surface area (Å²) in [6.45, 7) is 7.02. The van der Waals surface area contributed by atoms with Gasteiger partial charge in [0.15, 0.2) is 12.1 Å². The summed E-state index contributed by atoms with van der Waals surface area (Å²) in [6, 6.07) is 5.24. The molecule has 0 bridgehead atoms. The van der Waals surface area contributed by atoms with Gasteiger partial charge in [-0.05, 0) is 68.7 Å². The second-order valence-electron chi connectivity index (χ2n) is 20.9. The minimum Gasteiger partial charge on any atom is -0.481 e. The molecule has 0 spiro atoms. The van der Waals surface area contributed by atoms with Crippen molar-refractivity contribution in [2.75, 3.05) is 5.73 Å². The van der Waals surface area contributed by atoms with Crippen molar-refractivity contribution in [2.24, 2.45) is 29.4 Å².